The largest absolute Gasteiger partial charge is 0.348 e. The predicted octanol–water partition coefficient (Wildman–Crippen LogP) is -0.524. The predicted molar refractivity (Wildman–Crippen MR) is 56.1 cm³/mol. The molecular weight excluding hydrogens is 194 g/mol. The van der Waals surface area contributed by atoms with Crippen LogP contribution in [-0.2, 0) is 17.9 Å². The molecule has 1 amide bonds. The number of amides is 1. The molecule has 15 heavy (non-hydrogen) atoms. The van der Waals surface area contributed by atoms with E-state index in [2.05, 4.69) is 15.4 Å². The van der Waals surface area contributed by atoms with Gasteiger partial charge in [0, 0.05) is 20.6 Å². The fourth-order valence-corrected chi connectivity index (χ4v) is 1.13. The summed E-state index contributed by atoms with van der Waals surface area (Å²) in [4.78, 5) is 16.9. The van der Waals surface area contributed by atoms with Crippen LogP contribution in [-0.4, -0.2) is 46.2 Å². The summed E-state index contributed by atoms with van der Waals surface area (Å²) in [6, 6.07) is 0. The van der Waals surface area contributed by atoms with E-state index in [-0.39, 0.29) is 5.91 Å². The lowest BCUT2D eigenvalue weighted by Crippen LogP contribution is -2.33. The van der Waals surface area contributed by atoms with Crippen LogP contribution >= 0.6 is 0 Å². The van der Waals surface area contributed by atoms with Gasteiger partial charge < -0.3 is 10.2 Å². The highest BCUT2D eigenvalue weighted by Gasteiger charge is 2.05. The molecule has 6 heteroatoms. The average Bonchev–Trinajstić information content (AvgIpc) is 2.65. The van der Waals surface area contributed by atoms with Crippen molar-refractivity contribution in [2.75, 3.05) is 20.6 Å². The van der Waals surface area contributed by atoms with Crippen LogP contribution in [0.2, 0.25) is 0 Å². The smallest absolute Gasteiger partial charge is 0.236 e. The summed E-state index contributed by atoms with van der Waals surface area (Å²) < 4.78 is 1.80. The molecule has 1 aromatic heterocycles. The maximum Gasteiger partial charge on any atom is 0.236 e. The molecule has 1 heterocycles. The van der Waals surface area contributed by atoms with Crippen molar-refractivity contribution in [1.82, 2.24) is 25.0 Å². The Morgan fingerprint density at radius 3 is 2.93 bits per heavy atom. The van der Waals surface area contributed by atoms with Crippen molar-refractivity contribution in [2.24, 2.45) is 0 Å². The van der Waals surface area contributed by atoms with E-state index in [1.807, 2.05) is 6.92 Å². The number of carbonyl (C=O) groups excluding carboxylic acids is 1. The number of aromatic nitrogens is 3. The van der Waals surface area contributed by atoms with Gasteiger partial charge in [-0.2, -0.15) is 5.10 Å². The molecule has 1 N–H and O–H groups in total. The lowest BCUT2D eigenvalue weighted by Gasteiger charge is -2.10. The summed E-state index contributed by atoms with van der Waals surface area (Å²) >= 11 is 0. The van der Waals surface area contributed by atoms with Crippen molar-refractivity contribution in [3.8, 4) is 0 Å². The van der Waals surface area contributed by atoms with Crippen LogP contribution in [0.4, 0.5) is 0 Å². The highest BCUT2D eigenvalue weighted by Crippen LogP contribution is 1.92. The highest BCUT2D eigenvalue weighted by molar-refractivity contribution is 5.77. The highest BCUT2D eigenvalue weighted by atomic mass is 16.2. The summed E-state index contributed by atoms with van der Waals surface area (Å²) in [6.07, 6.45) is 1.52. The van der Waals surface area contributed by atoms with E-state index in [9.17, 15) is 4.79 Å². The summed E-state index contributed by atoms with van der Waals surface area (Å²) in [7, 11) is 3.47. The van der Waals surface area contributed by atoms with E-state index in [0.717, 1.165) is 12.4 Å². The summed E-state index contributed by atoms with van der Waals surface area (Å²) in [5, 5.41) is 7.07. The molecule has 0 aliphatic heterocycles. The van der Waals surface area contributed by atoms with Gasteiger partial charge in [0.25, 0.3) is 0 Å². The van der Waals surface area contributed by atoms with Crippen molar-refractivity contribution < 1.29 is 4.79 Å². The second kappa shape index (κ2) is 5.45. The minimum Gasteiger partial charge on any atom is -0.348 e. The van der Waals surface area contributed by atoms with Crippen molar-refractivity contribution in [3.05, 3.63) is 12.2 Å². The first-order chi connectivity index (χ1) is 7.15. The third kappa shape index (κ3) is 3.32. The van der Waals surface area contributed by atoms with E-state index >= 15 is 0 Å². The molecule has 0 radical (unpaired) electrons. The van der Waals surface area contributed by atoms with Gasteiger partial charge in [-0.25, -0.2) is 9.67 Å². The van der Waals surface area contributed by atoms with Gasteiger partial charge in [0.15, 0.2) is 0 Å². The number of hydrogen-bond acceptors (Lipinski definition) is 4. The molecule has 6 nitrogen and oxygen atoms in total. The number of nitrogens with one attached hydrogen (secondary N) is 1. The van der Waals surface area contributed by atoms with E-state index < -0.39 is 0 Å². The molecule has 0 aliphatic carbocycles. The standard InChI is InChI=1S/C9H17N5O/c1-4-14-8(11-7-12-14)5-10-6-9(15)13(2)3/h7,10H,4-6H2,1-3H3. The molecule has 84 valence electrons. The third-order valence-corrected chi connectivity index (χ3v) is 2.05. The van der Waals surface area contributed by atoms with Crippen molar-refractivity contribution in [2.45, 2.75) is 20.0 Å². The quantitative estimate of drug-likeness (QED) is 0.711. The van der Waals surface area contributed by atoms with Gasteiger partial charge in [0.2, 0.25) is 5.91 Å². The van der Waals surface area contributed by atoms with E-state index in [1.54, 1.807) is 23.7 Å². The van der Waals surface area contributed by atoms with Gasteiger partial charge >= 0.3 is 0 Å². The van der Waals surface area contributed by atoms with Crippen LogP contribution in [0.5, 0.6) is 0 Å². The molecule has 0 fully saturated rings. The second-order valence-corrected chi connectivity index (χ2v) is 3.38. The van der Waals surface area contributed by atoms with Crippen LogP contribution in [0.3, 0.4) is 0 Å². The van der Waals surface area contributed by atoms with Crippen LogP contribution < -0.4 is 5.32 Å². The number of hydrogen-bond donors (Lipinski definition) is 1. The van der Waals surface area contributed by atoms with Gasteiger partial charge in [0.05, 0.1) is 13.1 Å². The molecule has 0 saturated carbocycles. The van der Waals surface area contributed by atoms with Crippen LogP contribution in [0.15, 0.2) is 6.33 Å². The maximum atomic E-state index is 11.2. The fourth-order valence-electron chi connectivity index (χ4n) is 1.13. The maximum absolute atomic E-state index is 11.2. The first kappa shape index (κ1) is 11.6. The first-order valence-electron chi connectivity index (χ1n) is 4.92. The third-order valence-electron chi connectivity index (χ3n) is 2.05. The number of rotatable bonds is 5. The van der Waals surface area contributed by atoms with Crippen molar-refractivity contribution >= 4 is 5.91 Å². The first-order valence-corrected chi connectivity index (χ1v) is 4.92. The molecule has 0 atom stereocenters. The zero-order valence-electron chi connectivity index (χ0n) is 9.40. The summed E-state index contributed by atoms with van der Waals surface area (Å²) in [5.41, 5.74) is 0. The Bertz CT molecular complexity index is 320. The van der Waals surface area contributed by atoms with Crippen LogP contribution in [0.25, 0.3) is 0 Å². The minimum absolute atomic E-state index is 0.0533. The number of nitrogens with zero attached hydrogens (tertiary/aromatic N) is 4. The van der Waals surface area contributed by atoms with Gasteiger partial charge in [-0.1, -0.05) is 0 Å². The van der Waals surface area contributed by atoms with E-state index in [4.69, 9.17) is 0 Å². The second-order valence-electron chi connectivity index (χ2n) is 3.38. The van der Waals surface area contributed by atoms with Crippen molar-refractivity contribution in [3.63, 3.8) is 0 Å². The molecule has 0 spiro atoms. The topological polar surface area (TPSA) is 63.1 Å². The van der Waals surface area contributed by atoms with Gasteiger partial charge in [-0.15, -0.1) is 0 Å². The van der Waals surface area contributed by atoms with Gasteiger partial charge in [-0.3, -0.25) is 4.79 Å². The molecule has 0 bridgehead atoms. The number of likely N-dealkylation sites (N-methyl/N-ethyl adjacent to an activating group) is 1. The molecule has 1 rings (SSSR count). The average molecular weight is 211 g/mol. The SMILES string of the molecule is CCn1ncnc1CNCC(=O)N(C)C. The van der Waals surface area contributed by atoms with Gasteiger partial charge in [0.1, 0.15) is 12.2 Å². The minimum atomic E-state index is 0.0533. The number of aryl methyl sites for hydroxylation is 1. The monoisotopic (exact) mass is 211 g/mol. The molecule has 0 saturated heterocycles. The molecule has 0 unspecified atom stereocenters. The Kier molecular flexibility index (Phi) is 4.23. The summed E-state index contributed by atoms with van der Waals surface area (Å²) in [6.45, 7) is 3.68. The molecule has 0 aliphatic rings. The Morgan fingerprint density at radius 1 is 1.60 bits per heavy atom. The molecule has 0 aromatic carbocycles. The Labute approximate surface area is 89.3 Å². The zero-order chi connectivity index (χ0) is 11.3. The summed E-state index contributed by atoms with van der Waals surface area (Å²) in [5.74, 6) is 0.904. The van der Waals surface area contributed by atoms with Gasteiger partial charge in [-0.05, 0) is 6.92 Å². The Morgan fingerprint density at radius 2 is 2.33 bits per heavy atom. The molecular formula is C9H17N5O. The van der Waals surface area contributed by atoms with E-state index in [1.165, 1.54) is 6.33 Å². The fraction of sp³-hybridized carbons (Fsp3) is 0.667. The number of carbonyl (C=O) groups is 1. The van der Waals surface area contributed by atoms with Crippen LogP contribution in [0.1, 0.15) is 12.7 Å². The normalized spacial score (nSPS) is 10.3. The lowest BCUT2D eigenvalue weighted by molar-refractivity contribution is -0.127. The zero-order valence-corrected chi connectivity index (χ0v) is 9.40. The Hall–Kier alpha value is -1.43. The van der Waals surface area contributed by atoms with Crippen LogP contribution in [0, 0.1) is 0 Å². The van der Waals surface area contributed by atoms with Crippen molar-refractivity contribution in [1.29, 1.82) is 0 Å². The molecule has 1 aromatic rings. The lowest BCUT2D eigenvalue weighted by atomic mass is 10.5. The van der Waals surface area contributed by atoms with E-state index in [0.29, 0.717) is 13.1 Å². The Balaban J connectivity index is 2.35.